The van der Waals surface area contributed by atoms with E-state index in [9.17, 15) is 9.59 Å². The van der Waals surface area contributed by atoms with Gasteiger partial charge in [-0.1, -0.05) is 29.4 Å². The second kappa shape index (κ2) is 10.1. The molecule has 4 rings (SSSR count). The summed E-state index contributed by atoms with van der Waals surface area (Å²) >= 11 is 0. The van der Waals surface area contributed by atoms with E-state index in [0.29, 0.717) is 37.6 Å². The lowest BCUT2D eigenvalue weighted by Crippen LogP contribution is -2.24. The van der Waals surface area contributed by atoms with Crippen molar-refractivity contribution >= 4 is 11.8 Å². The average Bonchev–Trinajstić information content (AvgIpc) is 3.46. The second-order valence-corrected chi connectivity index (χ2v) is 7.76. The van der Waals surface area contributed by atoms with Crippen LogP contribution in [0.3, 0.4) is 0 Å². The summed E-state index contributed by atoms with van der Waals surface area (Å²) in [5.74, 6) is 1.78. The number of amides is 2. The number of nitrogens with zero attached hydrogens (tertiary/aromatic N) is 3. The minimum Gasteiger partial charge on any atom is -0.497 e. The van der Waals surface area contributed by atoms with Crippen LogP contribution in [0.4, 0.5) is 0 Å². The van der Waals surface area contributed by atoms with Gasteiger partial charge in [0, 0.05) is 44.5 Å². The van der Waals surface area contributed by atoms with E-state index in [1.54, 1.807) is 7.11 Å². The van der Waals surface area contributed by atoms with Gasteiger partial charge < -0.3 is 19.5 Å². The number of ether oxygens (including phenoxy) is 1. The summed E-state index contributed by atoms with van der Waals surface area (Å²) in [7, 11) is 1.61. The number of carbonyl (C=O) groups excluding carboxylic acids is 2. The standard InChI is InChI=1S/C24H26N4O4/c1-31-20-9-7-19(8-10-20)24-26-22(32-27-24)12-11-21(29)25-15-17-4-2-5-18(14-17)16-28-13-3-6-23(28)30/h2,4-5,7-10,14H,3,6,11-13,15-16H2,1H3,(H,25,29). The Kier molecular flexibility index (Phi) is 6.79. The molecular formula is C24H26N4O4. The third-order valence-corrected chi connectivity index (χ3v) is 5.41. The molecule has 8 nitrogen and oxygen atoms in total. The summed E-state index contributed by atoms with van der Waals surface area (Å²) in [6.45, 7) is 1.87. The molecule has 3 aromatic rings. The zero-order valence-electron chi connectivity index (χ0n) is 18.0. The highest BCUT2D eigenvalue weighted by molar-refractivity contribution is 5.78. The van der Waals surface area contributed by atoms with E-state index in [4.69, 9.17) is 9.26 Å². The zero-order valence-corrected chi connectivity index (χ0v) is 18.0. The van der Waals surface area contributed by atoms with Gasteiger partial charge in [-0.05, 0) is 41.8 Å². The van der Waals surface area contributed by atoms with E-state index < -0.39 is 0 Å². The molecule has 1 saturated heterocycles. The third-order valence-electron chi connectivity index (χ3n) is 5.41. The molecule has 0 radical (unpaired) electrons. The van der Waals surface area contributed by atoms with Gasteiger partial charge in [0.2, 0.25) is 23.5 Å². The number of aromatic nitrogens is 2. The molecule has 0 aliphatic carbocycles. The molecule has 1 aromatic heterocycles. The fourth-order valence-corrected chi connectivity index (χ4v) is 3.65. The molecule has 0 bridgehead atoms. The van der Waals surface area contributed by atoms with Crippen LogP contribution in [0.5, 0.6) is 5.75 Å². The van der Waals surface area contributed by atoms with Crippen LogP contribution >= 0.6 is 0 Å². The molecule has 166 valence electrons. The van der Waals surface area contributed by atoms with Gasteiger partial charge in [0.25, 0.3) is 0 Å². The van der Waals surface area contributed by atoms with Crippen molar-refractivity contribution in [2.45, 2.75) is 38.8 Å². The van der Waals surface area contributed by atoms with Crippen LogP contribution in [0.2, 0.25) is 0 Å². The van der Waals surface area contributed by atoms with Crippen LogP contribution in [0.15, 0.2) is 53.1 Å². The number of benzene rings is 2. The topological polar surface area (TPSA) is 97.6 Å². The summed E-state index contributed by atoms with van der Waals surface area (Å²) in [5, 5.41) is 6.91. The van der Waals surface area contributed by atoms with Crippen LogP contribution in [0.1, 0.15) is 36.3 Å². The van der Waals surface area contributed by atoms with Crippen molar-refractivity contribution in [1.29, 1.82) is 0 Å². The van der Waals surface area contributed by atoms with Gasteiger partial charge in [-0.25, -0.2) is 0 Å². The van der Waals surface area contributed by atoms with Gasteiger partial charge in [0.15, 0.2) is 0 Å². The number of nitrogens with one attached hydrogen (secondary N) is 1. The smallest absolute Gasteiger partial charge is 0.227 e. The SMILES string of the molecule is COc1ccc(-c2noc(CCC(=O)NCc3cccc(CN4CCCC4=O)c3)n2)cc1. The minimum absolute atomic E-state index is 0.0886. The average molecular weight is 434 g/mol. The highest BCUT2D eigenvalue weighted by Gasteiger charge is 2.20. The van der Waals surface area contributed by atoms with Crippen LogP contribution in [-0.2, 0) is 29.1 Å². The van der Waals surface area contributed by atoms with Gasteiger partial charge in [-0.3, -0.25) is 9.59 Å². The van der Waals surface area contributed by atoms with Crippen molar-refractivity contribution in [3.05, 3.63) is 65.5 Å². The lowest BCUT2D eigenvalue weighted by molar-refractivity contribution is -0.128. The molecular weight excluding hydrogens is 408 g/mol. The van der Waals surface area contributed by atoms with Gasteiger partial charge >= 0.3 is 0 Å². The fraction of sp³-hybridized carbons (Fsp3) is 0.333. The number of hydrogen-bond acceptors (Lipinski definition) is 6. The Bertz CT molecular complexity index is 1080. The Morgan fingerprint density at radius 3 is 2.75 bits per heavy atom. The van der Waals surface area contributed by atoms with Crippen molar-refractivity contribution in [1.82, 2.24) is 20.4 Å². The van der Waals surface area contributed by atoms with Crippen LogP contribution in [0, 0.1) is 0 Å². The molecule has 0 atom stereocenters. The van der Waals surface area contributed by atoms with E-state index in [1.165, 1.54) is 0 Å². The molecule has 8 heteroatoms. The maximum Gasteiger partial charge on any atom is 0.227 e. The molecule has 32 heavy (non-hydrogen) atoms. The monoisotopic (exact) mass is 434 g/mol. The molecule has 0 saturated carbocycles. The van der Waals surface area contributed by atoms with Gasteiger partial charge in [-0.2, -0.15) is 4.98 Å². The number of aryl methyl sites for hydroxylation is 1. The molecule has 0 spiro atoms. The largest absolute Gasteiger partial charge is 0.497 e. The molecule has 1 fully saturated rings. The lowest BCUT2D eigenvalue weighted by atomic mass is 10.1. The van der Waals surface area contributed by atoms with Crippen molar-refractivity contribution in [3.63, 3.8) is 0 Å². The molecule has 0 unspecified atom stereocenters. The molecule has 2 amide bonds. The van der Waals surface area contributed by atoms with Crippen molar-refractivity contribution in [2.75, 3.05) is 13.7 Å². The summed E-state index contributed by atoms with van der Waals surface area (Å²) < 4.78 is 10.4. The Morgan fingerprint density at radius 1 is 1.19 bits per heavy atom. The van der Waals surface area contributed by atoms with Gasteiger partial charge in [0.05, 0.1) is 7.11 Å². The maximum absolute atomic E-state index is 12.3. The number of hydrogen-bond donors (Lipinski definition) is 1. The maximum atomic E-state index is 12.3. The Balaban J connectivity index is 1.24. The lowest BCUT2D eigenvalue weighted by Gasteiger charge is -2.16. The molecule has 1 N–H and O–H groups in total. The summed E-state index contributed by atoms with van der Waals surface area (Å²) in [6, 6.07) is 15.3. The summed E-state index contributed by atoms with van der Waals surface area (Å²) in [5.41, 5.74) is 2.90. The van der Waals surface area contributed by atoms with E-state index in [0.717, 1.165) is 35.4 Å². The Hall–Kier alpha value is -3.68. The minimum atomic E-state index is -0.0886. The fourth-order valence-electron chi connectivity index (χ4n) is 3.65. The van der Waals surface area contributed by atoms with Crippen LogP contribution < -0.4 is 10.1 Å². The number of methoxy groups -OCH3 is 1. The quantitative estimate of drug-likeness (QED) is 0.556. The first kappa shape index (κ1) is 21.5. The highest BCUT2D eigenvalue weighted by Crippen LogP contribution is 2.20. The van der Waals surface area contributed by atoms with Crippen molar-refractivity contribution in [3.8, 4) is 17.1 Å². The Morgan fingerprint density at radius 2 is 2.00 bits per heavy atom. The first-order valence-electron chi connectivity index (χ1n) is 10.7. The molecule has 2 aromatic carbocycles. The number of rotatable bonds is 9. The first-order chi connectivity index (χ1) is 15.6. The first-order valence-corrected chi connectivity index (χ1v) is 10.7. The van der Waals surface area contributed by atoms with Gasteiger partial charge in [-0.15, -0.1) is 0 Å². The molecule has 1 aliphatic heterocycles. The highest BCUT2D eigenvalue weighted by atomic mass is 16.5. The van der Waals surface area contributed by atoms with Crippen molar-refractivity contribution < 1.29 is 18.8 Å². The van der Waals surface area contributed by atoms with E-state index in [2.05, 4.69) is 15.5 Å². The summed E-state index contributed by atoms with van der Waals surface area (Å²) in [4.78, 5) is 30.3. The van der Waals surface area contributed by atoms with Gasteiger partial charge in [0.1, 0.15) is 5.75 Å². The van der Waals surface area contributed by atoms with Crippen molar-refractivity contribution in [2.24, 2.45) is 0 Å². The van der Waals surface area contributed by atoms with Crippen LogP contribution in [0.25, 0.3) is 11.4 Å². The predicted molar refractivity (Wildman–Crippen MR) is 118 cm³/mol. The molecule has 2 heterocycles. The number of likely N-dealkylation sites (tertiary alicyclic amines) is 1. The Labute approximate surface area is 186 Å². The van der Waals surface area contributed by atoms with Crippen LogP contribution in [-0.4, -0.2) is 40.5 Å². The summed E-state index contributed by atoms with van der Waals surface area (Å²) in [6.07, 6.45) is 2.19. The van der Waals surface area contributed by atoms with E-state index >= 15 is 0 Å². The molecule has 1 aliphatic rings. The number of carbonyl (C=O) groups is 2. The third kappa shape index (κ3) is 5.51. The van der Waals surface area contributed by atoms with E-state index in [1.807, 2.05) is 53.4 Å². The predicted octanol–water partition coefficient (Wildman–Crippen LogP) is 3.12. The zero-order chi connectivity index (χ0) is 22.3. The second-order valence-electron chi connectivity index (χ2n) is 7.76. The normalized spacial score (nSPS) is 13.4. The van der Waals surface area contributed by atoms with E-state index in [-0.39, 0.29) is 18.2 Å².